The summed E-state index contributed by atoms with van der Waals surface area (Å²) in [6.45, 7) is 0. The average molecular weight is 487 g/mol. The molecule has 7 nitrogen and oxygen atoms in total. The molecular weight excluding hydrogens is 468 g/mol. The minimum absolute atomic E-state index is 0.146. The SMILES string of the molecule is COc1ccc(C(=O)O)cc1-n1c(NSCCc2ccc(Cl)cc2)nnc1-c1cccs1. The normalized spacial score (nSPS) is 10.8. The molecule has 2 N–H and O–H groups in total. The number of benzene rings is 2. The number of anilines is 1. The fourth-order valence-corrected chi connectivity index (χ4v) is 4.60. The maximum absolute atomic E-state index is 11.6. The topological polar surface area (TPSA) is 89.3 Å². The second-order valence-corrected chi connectivity index (χ2v) is 8.96. The van der Waals surface area contributed by atoms with Crippen molar-refractivity contribution in [3.8, 4) is 22.1 Å². The van der Waals surface area contributed by atoms with Gasteiger partial charge in [-0.25, -0.2) is 4.79 Å². The van der Waals surface area contributed by atoms with E-state index in [0.717, 1.165) is 17.1 Å². The second-order valence-electron chi connectivity index (χ2n) is 6.68. The van der Waals surface area contributed by atoms with Crippen molar-refractivity contribution in [1.29, 1.82) is 0 Å². The van der Waals surface area contributed by atoms with Crippen LogP contribution in [0, 0.1) is 0 Å². The van der Waals surface area contributed by atoms with Gasteiger partial charge in [-0.3, -0.25) is 9.29 Å². The van der Waals surface area contributed by atoms with Crippen LogP contribution in [0.3, 0.4) is 0 Å². The number of aromatic nitrogens is 3. The van der Waals surface area contributed by atoms with Crippen LogP contribution in [0.25, 0.3) is 16.4 Å². The first-order chi connectivity index (χ1) is 15.6. The van der Waals surface area contributed by atoms with E-state index in [2.05, 4.69) is 14.9 Å². The number of hydrogen-bond acceptors (Lipinski definition) is 7. The van der Waals surface area contributed by atoms with Crippen LogP contribution in [0.1, 0.15) is 15.9 Å². The first-order valence-electron chi connectivity index (χ1n) is 9.60. The number of nitrogens with zero attached hydrogens (tertiary/aromatic N) is 3. The van der Waals surface area contributed by atoms with Crippen molar-refractivity contribution in [2.45, 2.75) is 6.42 Å². The van der Waals surface area contributed by atoms with Gasteiger partial charge < -0.3 is 9.84 Å². The zero-order chi connectivity index (χ0) is 22.5. The molecule has 10 heteroatoms. The third-order valence-electron chi connectivity index (χ3n) is 4.64. The molecule has 0 saturated carbocycles. The standard InChI is InChI=1S/C22H19ClN4O3S2/c1-30-18-9-6-15(21(28)29)13-17(18)27-20(19-3-2-11-31-19)24-25-22(27)26-32-12-10-14-4-7-16(23)8-5-14/h2-9,11,13H,10,12H2,1H3,(H,25,26)(H,28,29). The molecule has 0 aliphatic heterocycles. The average Bonchev–Trinajstić information content (AvgIpc) is 3.47. The van der Waals surface area contributed by atoms with Gasteiger partial charge in [0.2, 0.25) is 5.95 Å². The van der Waals surface area contributed by atoms with Crippen molar-refractivity contribution in [3.05, 3.63) is 76.1 Å². The molecule has 32 heavy (non-hydrogen) atoms. The van der Waals surface area contributed by atoms with Gasteiger partial charge in [0.1, 0.15) is 5.75 Å². The molecule has 0 radical (unpaired) electrons. The third-order valence-corrected chi connectivity index (χ3v) is 6.49. The van der Waals surface area contributed by atoms with E-state index < -0.39 is 5.97 Å². The fourth-order valence-electron chi connectivity index (χ4n) is 3.08. The third kappa shape index (κ3) is 4.90. The molecule has 2 heterocycles. The number of thiophene rings is 1. The van der Waals surface area contributed by atoms with E-state index in [9.17, 15) is 9.90 Å². The Morgan fingerprint density at radius 3 is 2.72 bits per heavy atom. The highest BCUT2D eigenvalue weighted by Gasteiger charge is 2.21. The molecule has 0 saturated heterocycles. The highest BCUT2D eigenvalue weighted by Crippen LogP contribution is 2.34. The van der Waals surface area contributed by atoms with E-state index in [1.807, 2.05) is 41.8 Å². The molecule has 0 bridgehead atoms. The first kappa shape index (κ1) is 22.2. The highest BCUT2D eigenvalue weighted by molar-refractivity contribution is 8.00. The Bertz CT molecular complexity index is 1210. The molecule has 4 aromatic rings. The van der Waals surface area contributed by atoms with Gasteiger partial charge in [-0.15, -0.1) is 21.5 Å². The second kappa shape index (κ2) is 10.1. The van der Waals surface area contributed by atoms with Gasteiger partial charge in [-0.2, -0.15) is 0 Å². The molecule has 0 amide bonds. The van der Waals surface area contributed by atoms with Crippen LogP contribution in [-0.4, -0.2) is 38.7 Å². The van der Waals surface area contributed by atoms with Crippen LogP contribution in [0.15, 0.2) is 60.0 Å². The smallest absolute Gasteiger partial charge is 0.335 e. The molecule has 2 aromatic heterocycles. The Morgan fingerprint density at radius 2 is 2.03 bits per heavy atom. The van der Waals surface area contributed by atoms with Crippen molar-refractivity contribution >= 4 is 46.8 Å². The summed E-state index contributed by atoms with van der Waals surface area (Å²) in [7, 11) is 1.54. The lowest BCUT2D eigenvalue weighted by Crippen LogP contribution is -2.07. The van der Waals surface area contributed by atoms with Gasteiger partial charge in [0, 0.05) is 10.8 Å². The lowest BCUT2D eigenvalue weighted by Gasteiger charge is -2.15. The molecule has 4 rings (SSSR count). The van der Waals surface area contributed by atoms with Crippen LogP contribution < -0.4 is 9.46 Å². The molecule has 0 atom stereocenters. The van der Waals surface area contributed by atoms with E-state index in [4.69, 9.17) is 16.3 Å². The summed E-state index contributed by atoms with van der Waals surface area (Å²) in [5, 5.41) is 20.8. The monoisotopic (exact) mass is 486 g/mol. The number of carboxylic acids is 1. The van der Waals surface area contributed by atoms with Crippen molar-refractivity contribution in [2.75, 3.05) is 17.6 Å². The zero-order valence-electron chi connectivity index (χ0n) is 17.0. The van der Waals surface area contributed by atoms with E-state index >= 15 is 0 Å². The summed E-state index contributed by atoms with van der Waals surface area (Å²) in [5.41, 5.74) is 1.87. The fraction of sp³-hybridized carbons (Fsp3) is 0.136. The summed E-state index contributed by atoms with van der Waals surface area (Å²) in [4.78, 5) is 12.5. The number of rotatable bonds is 9. The summed E-state index contributed by atoms with van der Waals surface area (Å²) in [6.07, 6.45) is 0.846. The van der Waals surface area contributed by atoms with Gasteiger partial charge in [0.25, 0.3) is 0 Å². The Kier molecular flexibility index (Phi) is 6.99. The molecule has 0 fully saturated rings. The van der Waals surface area contributed by atoms with Crippen LogP contribution in [-0.2, 0) is 6.42 Å². The highest BCUT2D eigenvalue weighted by atomic mass is 35.5. The Labute approximate surface area is 198 Å². The van der Waals surface area contributed by atoms with Gasteiger partial charge in [0.05, 0.1) is 23.2 Å². The minimum atomic E-state index is -1.02. The van der Waals surface area contributed by atoms with Gasteiger partial charge in [0.15, 0.2) is 5.82 Å². The largest absolute Gasteiger partial charge is 0.495 e. The Morgan fingerprint density at radius 1 is 1.22 bits per heavy atom. The van der Waals surface area contributed by atoms with E-state index in [-0.39, 0.29) is 5.56 Å². The summed E-state index contributed by atoms with van der Waals surface area (Å²) in [5.74, 6) is 1.36. The molecule has 2 aromatic carbocycles. The van der Waals surface area contributed by atoms with Crippen molar-refractivity contribution in [1.82, 2.24) is 14.8 Å². The van der Waals surface area contributed by atoms with Gasteiger partial charge >= 0.3 is 5.97 Å². The molecular formula is C22H19ClN4O3S2. The van der Waals surface area contributed by atoms with Crippen LogP contribution in [0.4, 0.5) is 5.95 Å². The predicted octanol–water partition coefficient (Wildman–Crippen LogP) is 5.66. The predicted molar refractivity (Wildman–Crippen MR) is 129 cm³/mol. The zero-order valence-corrected chi connectivity index (χ0v) is 19.4. The van der Waals surface area contributed by atoms with Crippen molar-refractivity contribution in [2.24, 2.45) is 0 Å². The number of aromatic carboxylic acids is 1. The molecule has 0 aliphatic carbocycles. The number of carboxylic acid groups (broad SMARTS) is 1. The number of carbonyl (C=O) groups is 1. The maximum atomic E-state index is 11.6. The number of aryl methyl sites for hydroxylation is 1. The molecule has 0 spiro atoms. The quantitative estimate of drug-likeness (QED) is 0.233. The Hall–Kier alpha value is -3.01. The molecule has 164 valence electrons. The number of hydrogen-bond donors (Lipinski definition) is 2. The van der Waals surface area contributed by atoms with E-state index in [1.54, 1.807) is 23.8 Å². The van der Waals surface area contributed by atoms with Crippen LogP contribution >= 0.6 is 34.9 Å². The molecule has 0 aliphatic rings. The van der Waals surface area contributed by atoms with Gasteiger partial charge in [-0.05, 0) is 65.7 Å². The first-order valence-corrected chi connectivity index (χ1v) is 11.8. The van der Waals surface area contributed by atoms with Crippen LogP contribution in [0.5, 0.6) is 5.75 Å². The summed E-state index contributed by atoms with van der Waals surface area (Å²) in [6, 6.07) is 16.3. The maximum Gasteiger partial charge on any atom is 0.335 e. The van der Waals surface area contributed by atoms with Crippen molar-refractivity contribution in [3.63, 3.8) is 0 Å². The summed E-state index contributed by atoms with van der Waals surface area (Å²) >= 11 is 8.96. The lowest BCUT2D eigenvalue weighted by atomic mass is 10.2. The number of ether oxygens (including phenoxy) is 1. The Balaban J connectivity index is 1.63. The number of nitrogens with one attached hydrogen (secondary N) is 1. The molecule has 0 unspecified atom stereocenters. The lowest BCUT2D eigenvalue weighted by molar-refractivity contribution is 0.0697. The number of methoxy groups -OCH3 is 1. The van der Waals surface area contributed by atoms with Gasteiger partial charge in [-0.1, -0.05) is 29.8 Å². The minimum Gasteiger partial charge on any atom is -0.495 e. The van der Waals surface area contributed by atoms with E-state index in [0.29, 0.717) is 28.2 Å². The number of halogens is 1. The van der Waals surface area contributed by atoms with E-state index in [1.165, 1.54) is 34.9 Å². The summed E-state index contributed by atoms with van der Waals surface area (Å²) < 4.78 is 10.6. The van der Waals surface area contributed by atoms with Crippen molar-refractivity contribution < 1.29 is 14.6 Å². The van der Waals surface area contributed by atoms with Crippen LogP contribution in [0.2, 0.25) is 5.02 Å².